The van der Waals surface area contributed by atoms with Crippen LogP contribution in [-0.2, 0) is 6.54 Å². The van der Waals surface area contributed by atoms with E-state index in [-0.39, 0.29) is 41.2 Å². The van der Waals surface area contributed by atoms with Crippen LogP contribution in [0.15, 0.2) is 48.5 Å². The third-order valence-electron chi connectivity index (χ3n) is 3.90. The van der Waals surface area contributed by atoms with E-state index in [1.807, 2.05) is 0 Å². The summed E-state index contributed by atoms with van der Waals surface area (Å²) in [5, 5.41) is 3.34. The highest BCUT2D eigenvalue weighted by Gasteiger charge is 2.13. The van der Waals surface area contributed by atoms with Crippen LogP contribution in [0.3, 0.4) is 0 Å². The minimum absolute atomic E-state index is 0. The molecular weight excluding hydrogens is 440 g/mol. The van der Waals surface area contributed by atoms with Crippen LogP contribution in [-0.4, -0.2) is 10.9 Å². The fourth-order valence-electron chi connectivity index (χ4n) is 2.50. The largest absolute Gasteiger partial charge is 0.453 e. The van der Waals surface area contributed by atoms with Gasteiger partial charge in [0, 0.05) is 23.3 Å². The predicted octanol–water partition coefficient (Wildman–Crippen LogP) is 5.76. The van der Waals surface area contributed by atoms with Crippen molar-refractivity contribution in [3.63, 3.8) is 0 Å². The number of amides is 1. The highest BCUT2D eigenvalue weighted by atomic mass is 35.5. The molecule has 0 atom stereocenters. The molecule has 152 valence electrons. The quantitative estimate of drug-likeness (QED) is 0.511. The average Bonchev–Trinajstić information content (AvgIpc) is 2.65. The molecule has 0 bridgehead atoms. The second-order valence-corrected chi connectivity index (χ2v) is 6.76. The number of hydrogen-bond acceptors (Lipinski definition) is 4. The zero-order valence-electron chi connectivity index (χ0n) is 15.2. The van der Waals surface area contributed by atoms with E-state index in [0.717, 1.165) is 6.07 Å². The van der Waals surface area contributed by atoms with Crippen LogP contribution in [0.4, 0.5) is 10.1 Å². The molecule has 9 heteroatoms. The Hall–Kier alpha value is -2.38. The van der Waals surface area contributed by atoms with E-state index >= 15 is 0 Å². The maximum atomic E-state index is 14.4. The van der Waals surface area contributed by atoms with Crippen molar-refractivity contribution in [3.05, 3.63) is 81.3 Å². The van der Waals surface area contributed by atoms with Crippen LogP contribution >= 0.6 is 35.6 Å². The summed E-state index contributed by atoms with van der Waals surface area (Å²) in [5.41, 5.74) is 7.42. The minimum Gasteiger partial charge on any atom is -0.453 e. The van der Waals surface area contributed by atoms with Crippen LogP contribution < -0.4 is 15.8 Å². The monoisotopic (exact) mass is 455 g/mol. The van der Waals surface area contributed by atoms with E-state index in [2.05, 4.69) is 10.3 Å². The molecule has 2 aromatic carbocycles. The first kappa shape index (κ1) is 22.9. The van der Waals surface area contributed by atoms with Gasteiger partial charge in [0.15, 0.2) is 11.6 Å². The van der Waals surface area contributed by atoms with Crippen molar-refractivity contribution in [2.24, 2.45) is 5.73 Å². The lowest BCUT2D eigenvalue weighted by molar-refractivity contribution is 0.102. The smallest absolute Gasteiger partial charge is 0.257 e. The number of nitrogens with zero attached hydrogens (tertiary/aromatic N) is 1. The molecule has 3 aromatic rings. The molecule has 0 saturated heterocycles. The Balaban J connectivity index is 0.00000300. The zero-order valence-corrected chi connectivity index (χ0v) is 17.5. The van der Waals surface area contributed by atoms with E-state index in [9.17, 15) is 9.18 Å². The van der Waals surface area contributed by atoms with Gasteiger partial charge >= 0.3 is 0 Å². The summed E-state index contributed by atoms with van der Waals surface area (Å²) in [6.07, 6.45) is 0. The van der Waals surface area contributed by atoms with Gasteiger partial charge in [-0.15, -0.1) is 12.4 Å². The summed E-state index contributed by atoms with van der Waals surface area (Å²) in [7, 11) is 0. The van der Waals surface area contributed by atoms with Gasteiger partial charge in [-0.3, -0.25) is 9.78 Å². The second-order valence-electron chi connectivity index (χ2n) is 5.92. The molecule has 0 aliphatic heterocycles. The molecule has 0 aliphatic rings. The highest BCUT2D eigenvalue weighted by Crippen LogP contribution is 2.33. The van der Waals surface area contributed by atoms with Gasteiger partial charge in [0.1, 0.15) is 5.75 Å². The summed E-state index contributed by atoms with van der Waals surface area (Å²) in [5.74, 6) is -0.824. The fourth-order valence-corrected chi connectivity index (χ4v) is 2.95. The Morgan fingerprint density at radius 1 is 1.14 bits per heavy atom. The summed E-state index contributed by atoms with van der Waals surface area (Å²) < 4.78 is 19.9. The number of nitrogens with one attached hydrogen (secondary N) is 1. The SMILES string of the molecule is Cc1nc(CN)ccc1C(=O)Nc1ccc(Oc2ccc(Cl)cc2Cl)c(F)c1.Cl. The van der Waals surface area contributed by atoms with Crippen molar-refractivity contribution in [2.45, 2.75) is 13.5 Å². The molecule has 5 nitrogen and oxygen atoms in total. The Kier molecular flexibility index (Phi) is 7.81. The van der Waals surface area contributed by atoms with E-state index in [4.69, 9.17) is 33.7 Å². The first-order valence-electron chi connectivity index (χ1n) is 8.28. The number of rotatable bonds is 5. The van der Waals surface area contributed by atoms with Crippen molar-refractivity contribution in [1.82, 2.24) is 4.98 Å². The molecule has 29 heavy (non-hydrogen) atoms. The minimum atomic E-state index is -0.655. The third-order valence-corrected chi connectivity index (χ3v) is 4.43. The molecule has 1 heterocycles. The molecule has 1 aromatic heterocycles. The number of nitrogens with two attached hydrogens (primary N) is 1. The van der Waals surface area contributed by atoms with E-state index in [0.29, 0.717) is 22.0 Å². The van der Waals surface area contributed by atoms with Gasteiger partial charge in [-0.25, -0.2) is 4.39 Å². The Morgan fingerprint density at radius 3 is 2.48 bits per heavy atom. The summed E-state index contributed by atoms with van der Waals surface area (Å²) >= 11 is 11.9. The lowest BCUT2D eigenvalue weighted by Crippen LogP contribution is -2.15. The summed E-state index contributed by atoms with van der Waals surface area (Å²) in [4.78, 5) is 16.7. The van der Waals surface area contributed by atoms with Crippen LogP contribution in [0.5, 0.6) is 11.5 Å². The topological polar surface area (TPSA) is 77.2 Å². The molecule has 1 amide bonds. The second kappa shape index (κ2) is 9.89. The van der Waals surface area contributed by atoms with Crippen molar-refractivity contribution in [1.29, 1.82) is 0 Å². The maximum Gasteiger partial charge on any atom is 0.257 e. The lowest BCUT2D eigenvalue weighted by Gasteiger charge is -2.11. The number of carbonyl (C=O) groups is 1. The maximum absolute atomic E-state index is 14.4. The molecule has 0 unspecified atom stereocenters. The van der Waals surface area contributed by atoms with Gasteiger partial charge < -0.3 is 15.8 Å². The Bertz CT molecular complexity index is 1050. The van der Waals surface area contributed by atoms with Gasteiger partial charge in [-0.1, -0.05) is 23.2 Å². The molecule has 0 radical (unpaired) electrons. The van der Waals surface area contributed by atoms with E-state index < -0.39 is 11.7 Å². The van der Waals surface area contributed by atoms with Crippen LogP contribution in [0.2, 0.25) is 10.0 Å². The third kappa shape index (κ3) is 5.58. The average molecular weight is 457 g/mol. The van der Waals surface area contributed by atoms with Crippen molar-refractivity contribution >= 4 is 47.2 Å². The number of anilines is 1. The molecule has 3 rings (SSSR count). The summed E-state index contributed by atoms with van der Waals surface area (Å²) in [6.45, 7) is 1.99. The van der Waals surface area contributed by atoms with Crippen LogP contribution in [0.1, 0.15) is 21.7 Å². The van der Waals surface area contributed by atoms with E-state index in [1.165, 1.54) is 18.2 Å². The number of aromatic nitrogens is 1. The standard InChI is InChI=1S/C20H16Cl2FN3O2.ClH/c1-11-15(5-3-14(10-24)25-11)20(27)26-13-4-7-19(17(23)9-13)28-18-6-2-12(21)8-16(18)22;/h2-9H,10,24H2,1H3,(H,26,27);1H. The molecular formula is C20H17Cl3FN3O2. The number of carbonyl (C=O) groups excluding carboxylic acids is 1. The van der Waals surface area contributed by atoms with Crippen LogP contribution in [0.25, 0.3) is 0 Å². The van der Waals surface area contributed by atoms with Crippen molar-refractivity contribution in [3.8, 4) is 11.5 Å². The molecule has 0 spiro atoms. The van der Waals surface area contributed by atoms with Crippen LogP contribution in [0, 0.1) is 12.7 Å². The molecule has 0 fully saturated rings. The Morgan fingerprint density at radius 2 is 1.86 bits per heavy atom. The first-order chi connectivity index (χ1) is 13.4. The van der Waals surface area contributed by atoms with Gasteiger partial charge in [0.2, 0.25) is 0 Å². The van der Waals surface area contributed by atoms with Gasteiger partial charge in [0.25, 0.3) is 5.91 Å². The predicted molar refractivity (Wildman–Crippen MR) is 115 cm³/mol. The van der Waals surface area contributed by atoms with Gasteiger partial charge in [0.05, 0.1) is 22.0 Å². The highest BCUT2D eigenvalue weighted by molar-refractivity contribution is 6.35. The van der Waals surface area contributed by atoms with Gasteiger partial charge in [-0.05, 0) is 49.4 Å². The molecule has 0 aliphatic carbocycles. The number of hydrogen-bond donors (Lipinski definition) is 2. The van der Waals surface area contributed by atoms with Crippen molar-refractivity contribution in [2.75, 3.05) is 5.32 Å². The molecule has 0 saturated carbocycles. The van der Waals surface area contributed by atoms with Gasteiger partial charge in [-0.2, -0.15) is 0 Å². The molecule has 3 N–H and O–H groups in total. The normalized spacial score (nSPS) is 10.2. The number of pyridine rings is 1. The number of aryl methyl sites for hydroxylation is 1. The lowest BCUT2D eigenvalue weighted by atomic mass is 10.1. The number of ether oxygens (including phenoxy) is 1. The first-order valence-corrected chi connectivity index (χ1v) is 9.03. The fraction of sp³-hybridized carbons (Fsp3) is 0.100. The summed E-state index contributed by atoms with van der Waals surface area (Å²) in [6, 6.07) is 12.0. The van der Waals surface area contributed by atoms with E-state index in [1.54, 1.807) is 31.2 Å². The number of halogens is 4. The van der Waals surface area contributed by atoms with Crippen molar-refractivity contribution < 1.29 is 13.9 Å². The number of benzene rings is 2. The Labute approximate surface area is 183 Å². The zero-order chi connectivity index (χ0) is 20.3.